The molecule has 120 valence electrons. The van der Waals surface area contributed by atoms with Gasteiger partial charge in [0.05, 0.1) is 5.69 Å². The molecule has 23 heavy (non-hydrogen) atoms. The molecule has 0 N–H and O–H groups in total. The third kappa shape index (κ3) is 2.72. The van der Waals surface area contributed by atoms with Crippen molar-refractivity contribution in [2.45, 2.75) is 6.18 Å². The van der Waals surface area contributed by atoms with Crippen molar-refractivity contribution >= 4 is 11.6 Å². The van der Waals surface area contributed by atoms with Crippen molar-refractivity contribution in [1.29, 1.82) is 0 Å². The Morgan fingerprint density at radius 3 is 2.35 bits per heavy atom. The molecule has 2 heterocycles. The molecule has 0 amide bonds. The maximum Gasteiger partial charge on any atom is 0.471 e. The zero-order chi connectivity index (χ0) is 16.8. The van der Waals surface area contributed by atoms with Crippen molar-refractivity contribution in [3.63, 3.8) is 0 Å². The number of aryl methyl sites for hydroxylation is 1. The predicted molar refractivity (Wildman–Crippen MR) is 72.1 cm³/mol. The van der Waals surface area contributed by atoms with Gasteiger partial charge in [0.2, 0.25) is 11.1 Å². The Morgan fingerprint density at radius 2 is 1.87 bits per heavy atom. The van der Waals surface area contributed by atoms with Crippen LogP contribution in [0.15, 0.2) is 33.6 Å². The molecule has 11 heteroatoms. The van der Waals surface area contributed by atoms with Crippen LogP contribution in [0.2, 0.25) is 5.28 Å². The van der Waals surface area contributed by atoms with E-state index >= 15 is 0 Å². The van der Waals surface area contributed by atoms with E-state index in [1.165, 1.54) is 31.3 Å². The Hall–Kier alpha value is -2.62. The number of hydrogen-bond donors (Lipinski definition) is 0. The fourth-order valence-corrected chi connectivity index (χ4v) is 2.15. The van der Waals surface area contributed by atoms with Crippen LogP contribution in [0, 0.1) is 0 Å². The number of nitrogens with zero attached hydrogens (tertiary/aromatic N) is 5. The molecule has 0 aliphatic heterocycles. The SMILES string of the molecule is Cn1nc(Cl)n(-c2ccc(-c3noc(C(F)(F)F)n3)cc2)c1=O. The molecule has 0 fully saturated rings. The molecule has 0 saturated heterocycles. The smallest absolute Gasteiger partial charge is 0.329 e. The average Bonchev–Trinajstić information content (AvgIpc) is 3.06. The zero-order valence-corrected chi connectivity index (χ0v) is 12.1. The van der Waals surface area contributed by atoms with Crippen LogP contribution in [0.4, 0.5) is 13.2 Å². The van der Waals surface area contributed by atoms with Crippen molar-refractivity contribution in [3.05, 3.63) is 45.9 Å². The molecule has 0 aliphatic carbocycles. The van der Waals surface area contributed by atoms with E-state index < -0.39 is 17.8 Å². The van der Waals surface area contributed by atoms with Crippen LogP contribution in [-0.4, -0.2) is 24.5 Å². The van der Waals surface area contributed by atoms with Crippen molar-refractivity contribution in [2.24, 2.45) is 7.05 Å². The van der Waals surface area contributed by atoms with Crippen molar-refractivity contribution in [1.82, 2.24) is 24.5 Å². The second-order valence-electron chi connectivity index (χ2n) is 4.48. The third-order valence-corrected chi connectivity index (χ3v) is 3.18. The first-order valence-corrected chi connectivity index (χ1v) is 6.48. The van der Waals surface area contributed by atoms with E-state index in [4.69, 9.17) is 11.6 Å². The molecule has 0 bridgehead atoms. The van der Waals surface area contributed by atoms with Gasteiger partial charge in [0.25, 0.3) is 0 Å². The molecule has 0 aliphatic rings. The van der Waals surface area contributed by atoms with Crippen LogP contribution >= 0.6 is 11.6 Å². The summed E-state index contributed by atoms with van der Waals surface area (Å²) in [6, 6.07) is 5.84. The van der Waals surface area contributed by atoms with Crippen molar-refractivity contribution in [2.75, 3.05) is 0 Å². The molecule has 0 saturated carbocycles. The minimum absolute atomic E-state index is 0.0378. The molecule has 0 atom stereocenters. The molecule has 0 unspecified atom stereocenters. The molecule has 3 aromatic rings. The molecule has 0 spiro atoms. The zero-order valence-electron chi connectivity index (χ0n) is 11.4. The normalized spacial score (nSPS) is 11.9. The second-order valence-corrected chi connectivity index (χ2v) is 4.82. The summed E-state index contributed by atoms with van der Waals surface area (Å²) in [6.45, 7) is 0. The van der Waals surface area contributed by atoms with Gasteiger partial charge in [0, 0.05) is 12.6 Å². The molecule has 7 nitrogen and oxygen atoms in total. The molecule has 2 aromatic heterocycles. The van der Waals surface area contributed by atoms with Crippen molar-refractivity contribution < 1.29 is 17.7 Å². The Bertz CT molecular complexity index is 910. The number of hydrogen-bond acceptors (Lipinski definition) is 5. The first-order valence-electron chi connectivity index (χ1n) is 6.10. The van der Waals surface area contributed by atoms with Crippen LogP contribution in [0.1, 0.15) is 5.89 Å². The molecular formula is C12H7ClF3N5O2. The van der Waals surface area contributed by atoms with E-state index in [1.54, 1.807) is 0 Å². The summed E-state index contributed by atoms with van der Waals surface area (Å²) in [7, 11) is 1.44. The van der Waals surface area contributed by atoms with E-state index in [1.807, 2.05) is 0 Å². The van der Waals surface area contributed by atoms with E-state index in [9.17, 15) is 18.0 Å². The number of aromatic nitrogens is 5. The van der Waals surface area contributed by atoms with Gasteiger partial charge in [-0.25, -0.2) is 14.0 Å². The third-order valence-electron chi connectivity index (χ3n) is 2.94. The van der Waals surface area contributed by atoms with Gasteiger partial charge in [-0.3, -0.25) is 0 Å². The quantitative estimate of drug-likeness (QED) is 0.712. The fourth-order valence-electron chi connectivity index (χ4n) is 1.87. The molecular weight excluding hydrogens is 339 g/mol. The summed E-state index contributed by atoms with van der Waals surface area (Å²) < 4.78 is 43.7. The summed E-state index contributed by atoms with van der Waals surface area (Å²) in [5, 5.41) is 7.01. The lowest BCUT2D eigenvalue weighted by molar-refractivity contribution is -0.159. The van der Waals surface area contributed by atoms with Crippen LogP contribution in [0.5, 0.6) is 0 Å². The maximum atomic E-state index is 12.4. The van der Waals surface area contributed by atoms with Gasteiger partial charge in [0.1, 0.15) is 0 Å². The van der Waals surface area contributed by atoms with Gasteiger partial charge >= 0.3 is 17.8 Å². The number of halogens is 4. The number of benzene rings is 1. The van der Waals surface area contributed by atoms with Crippen molar-refractivity contribution in [3.8, 4) is 17.1 Å². The Kier molecular flexibility index (Phi) is 3.48. The minimum Gasteiger partial charge on any atom is -0.329 e. The minimum atomic E-state index is -4.71. The summed E-state index contributed by atoms with van der Waals surface area (Å²) in [4.78, 5) is 15.2. The molecule has 1 aromatic carbocycles. The highest BCUT2D eigenvalue weighted by molar-refractivity contribution is 6.28. The Morgan fingerprint density at radius 1 is 1.22 bits per heavy atom. The van der Waals surface area contributed by atoms with E-state index in [-0.39, 0.29) is 11.1 Å². The topological polar surface area (TPSA) is 78.7 Å². The summed E-state index contributed by atoms with van der Waals surface area (Å²) in [5.41, 5.74) is 0.235. The van der Waals surface area contributed by atoms with Gasteiger partial charge in [-0.1, -0.05) is 5.16 Å². The lowest BCUT2D eigenvalue weighted by Gasteiger charge is -2.02. The predicted octanol–water partition coefficient (Wildman–Crippen LogP) is 2.29. The highest BCUT2D eigenvalue weighted by Gasteiger charge is 2.38. The molecule has 3 rings (SSSR count). The standard InChI is InChI=1S/C12H7ClF3N5O2/c1-20-11(22)21(10(13)18-20)7-4-2-6(3-5-7)8-17-9(23-19-8)12(14,15)16/h2-5H,1H3. The van der Waals surface area contributed by atoms with Gasteiger partial charge < -0.3 is 4.52 Å². The monoisotopic (exact) mass is 345 g/mol. The average molecular weight is 346 g/mol. The van der Waals surface area contributed by atoms with Gasteiger partial charge in [-0.2, -0.15) is 18.2 Å². The van der Waals surface area contributed by atoms with Crippen LogP contribution in [-0.2, 0) is 13.2 Å². The highest BCUT2D eigenvalue weighted by atomic mass is 35.5. The van der Waals surface area contributed by atoms with Crippen LogP contribution < -0.4 is 5.69 Å². The first kappa shape index (κ1) is 15.3. The number of rotatable bonds is 2. The van der Waals surface area contributed by atoms with E-state index in [0.29, 0.717) is 11.3 Å². The van der Waals surface area contributed by atoms with Crippen LogP contribution in [0.25, 0.3) is 17.1 Å². The van der Waals surface area contributed by atoms with E-state index in [2.05, 4.69) is 19.8 Å². The fraction of sp³-hybridized carbons (Fsp3) is 0.167. The lowest BCUT2D eigenvalue weighted by Crippen LogP contribution is -2.21. The Balaban J connectivity index is 1.97. The maximum absolute atomic E-state index is 12.4. The summed E-state index contributed by atoms with van der Waals surface area (Å²) >= 11 is 5.86. The summed E-state index contributed by atoms with van der Waals surface area (Å²) in [5.74, 6) is -1.64. The van der Waals surface area contributed by atoms with Gasteiger partial charge in [-0.05, 0) is 35.9 Å². The van der Waals surface area contributed by atoms with E-state index in [0.717, 1.165) is 9.25 Å². The lowest BCUT2D eigenvalue weighted by atomic mass is 10.2. The second kappa shape index (κ2) is 5.23. The first-order chi connectivity index (χ1) is 10.8. The van der Waals surface area contributed by atoms with Gasteiger partial charge in [-0.15, -0.1) is 5.10 Å². The summed E-state index contributed by atoms with van der Waals surface area (Å²) in [6.07, 6.45) is -4.71. The van der Waals surface area contributed by atoms with Gasteiger partial charge in [0.15, 0.2) is 0 Å². The van der Waals surface area contributed by atoms with Crippen LogP contribution in [0.3, 0.4) is 0 Å². The number of alkyl halides is 3. The Labute approximate surface area is 130 Å². The largest absolute Gasteiger partial charge is 0.471 e. The highest BCUT2D eigenvalue weighted by Crippen LogP contribution is 2.29. The molecule has 0 radical (unpaired) electrons.